The molecule has 0 saturated heterocycles. The van der Waals surface area contributed by atoms with Crippen molar-refractivity contribution >= 4 is 11.9 Å². The molecular formula is C11H20N2O3. The Labute approximate surface area is 95.4 Å². The molecule has 0 aromatic rings. The molecule has 0 unspecified atom stereocenters. The molecule has 5 heteroatoms. The minimum absolute atomic E-state index is 0.111. The van der Waals surface area contributed by atoms with E-state index in [9.17, 15) is 9.59 Å². The van der Waals surface area contributed by atoms with Gasteiger partial charge in [0.25, 0.3) is 0 Å². The summed E-state index contributed by atoms with van der Waals surface area (Å²) in [6.45, 7) is 3.26. The van der Waals surface area contributed by atoms with Crippen LogP contribution < -0.4 is 11.1 Å². The van der Waals surface area contributed by atoms with Crippen molar-refractivity contribution in [3.8, 4) is 0 Å². The van der Waals surface area contributed by atoms with Crippen molar-refractivity contribution in [1.29, 1.82) is 0 Å². The van der Waals surface area contributed by atoms with Gasteiger partial charge in [0.15, 0.2) is 0 Å². The van der Waals surface area contributed by atoms with Gasteiger partial charge in [-0.05, 0) is 26.7 Å². The maximum absolute atomic E-state index is 11.8. The van der Waals surface area contributed by atoms with Crippen molar-refractivity contribution in [2.75, 3.05) is 6.54 Å². The second kappa shape index (κ2) is 4.41. The van der Waals surface area contributed by atoms with E-state index in [0.717, 1.165) is 12.8 Å². The fourth-order valence-electron chi connectivity index (χ4n) is 1.79. The Morgan fingerprint density at radius 3 is 2.31 bits per heavy atom. The zero-order valence-electron chi connectivity index (χ0n) is 9.88. The number of carbonyl (C=O) groups is 2. The first kappa shape index (κ1) is 13.0. The standard InChI is InChI=1S/C11H20N2O3/c1-10(2,9(15)16)7-13-8(14)11(12)5-3-4-6-11/h3-7,12H2,1-2H3,(H,13,14)(H,15,16). The molecule has 0 aliphatic heterocycles. The number of nitrogens with one attached hydrogen (secondary N) is 1. The van der Waals surface area contributed by atoms with Crippen LogP contribution in [0.3, 0.4) is 0 Å². The average Bonchev–Trinajstić information content (AvgIpc) is 2.62. The van der Waals surface area contributed by atoms with E-state index in [-0.39, 0.29) is 12.5 Å². The molecule has 92 valence electrons. The van der Waals surface area contributed by atoms with Crippen molar-refractivity contribution in [3.63, 3.8) is 0 Å². The largest absolute Gasteiger partial charge is 0.481 e. The van der Waals surface area contributed by atoms with Gasteiger partial charge in [0.1, 0.15) is 0 Å². The van der Waals surface area contributed by atoms with E-state index in [2.05, 4.69) is 5.32 Å². The number of amides is 1. The van der Waals surface area contributed by atoms with E-state index in [4.69, 9.17) is 10.8 Å². The van der Waals surface area contributed by atoms with Crippen LogP contribution in [0.1, 0.15) is 39.5 Å². The Morgan fingerprint density at radius 2 is 1.88 bits per heavy atom. The Balaban J connectivity index is 2.50. The molecule has 1 saturated carbocycles. The maximum atomic E-state index is 11.8. The van der Waals surface area contributed by atoms with Crippen LogP contribution in [-0.4, -0.2) is 29.1 Å². The van der Waals surface area contributed by atoms with Gasteiger partial charge in [-0.25, -0.2) is 0 Å². The first-order chi connectivity index (χ1) is 7.28. The second-order valence-corrected chi connectivity index (χ2v) is 5.23. The number of aliphatic carboxylic acids is 1. The molecule has 0 heterocycles. The fraction of sp³-hybridized carbons (Fsp3) is 0.818. The molecule has 1 aliphatic carbocycles. The number of nitrogens with two attached hydrogens (primary N) is 1. The van der Waals surface area contributed by atoms with Gasteiger partial charge in [0, 0.05) is 6.54 Å². The second-order valence-electron chi connectivity index (χ2n) is 5.23. The van der Waals surface area contributed by atoms with E-state index in [1.807, 2.05) is 0 Å². The molecule has 1 rings (SSSR count). The van der Waals surface area contributed by atoms with Crippen LogP contribution in [0.5, 0.6) is 0 Å². The molecule has 0 aromatic heterocycles. The molecule has 16 heavy (non-hydrogen) atoms. The van der Waals surface area contributed by atoms with Crippen LogP contribution in [0.2, 0.25) is 0 Å². The highest BCUT2D eigenvalue weighted by Crippen LogP contribution is 2.27. The Morgan fingerprint density at radius 1 is 1.38 bits per heavy atom. The lowest BCUT2D eigenvalue weighted by atomic mass is 9.92. The Bertz CT molecular complexity index is 294. The maximum Gasteiger partial charge on any atom is 0.310 e. The summed E-state index contributed by atoms with van der Waals surface area (Å²) in [6.07, 6.45) is 3.30. The zero-order valence-corrected chi connectivity index (χ0v) is 9.88. The van der Waals surface area contributed by atoms with Crippen molar-refractivity contribution in [3.05, 3.63) is 0 Å². The number of carboxylic acids is 1. The zero-order chi connectivity index (χ0) is 12.4. The van der Waals surface area contributed by atoms with Crippen LogP contribution in [-0.2, 0) is 9.59 Å². The quantitative estimate of drug-likeness (QED) is 0.652. The van der Waals surface area contributed by atoms with Crippen LogP contribution >= 0.6 is 0 Å². The van der Waals surface area contributed by atoms with Crippen molar-refractivity contribution in [2.45, 2.75) is 45.1 Å². The fourth-order valence-corrected chi connectivity index (χ4v) is 1.79. The molecule has 0 radical (unpaired) electrons. The summed E-state index contributed by atoms with van der Waals surface area (Å²) in [5.74, 6) is -1.15. The van der Waals surface area contributed by atoms with E-state index < -0.39 is 16.9 Å². The normalized spacial score (nSPS) is 19.4. The van der Waals surface area contributed by atoms with Gasteiger partial charge < -0.3 is 16.2 Å². The molecular weight excluding hydrogens is 208 g/mol. The van der Waals surface area contributed by atoms with E-state index >= 15 is 0 Å². The van der Waals surface area contributed by atoms with Gasteiger partial charge in [-0.2, -0.15) is 0 Å². The highest BCUT2D eigenvalue weighted by atomic mass is 16.4. The minimum Gasteiger partial charge on any atom is -0.481 e. The Hall–Kier alpha value is -1.10. The first-order valence-corrected chi connectivity index (χ1v) is 5.58. The summed E-state index contributed by atoms with van der Waals surface area (Å²) in [5.41, 5.74) is 4.21. The SMILES string of the molecule is CC(C)(CNC(=O)C1(N)CCCC1)C(=O)O. The predicted molar refractivity (Wildman–Crippen MR) is 59.8 cm³/mol. The predicted octanol–water partition coefficient (Wildman–Crippen LogP) is 0.485. The summed E-state index contributed by atoms with van der Waals surface area (Å²) < 4.78 is 0. The molecule has 1 fully saturated rings. The monoisotopic (exact) mass is 228 g/mol. The summed E-state index contributed by atoms with van der Waals surface area (Å²) in [5, 5.41) is 11.5. The first-order valence-electron chi connectivity index (χ1n) is 5.58. The van der Waals surface area contributed by atoms with Crippen molar-refractivity contribution in [2.24, 2.45) is 11.1 Å². The van der Waals surface area contributed by atoms with Gasteiger partial charge in [0.2, 0.25) is 5.91 Å². The highest BCUT2D eigenvalue weighted by Gasteiger charge is 2.38. The van der Waals surface area contributed by atoms with Gasteiger partial charge in [-0.3, -0.25) is 9.59 Å². The topological polar surface area (TPSA) is 92.4 Å². The molecule has 0 spiro atoms. The lowest BCUT2D eigenvalue weighted by Gasteiger charge is -2.26. The Kier molecular flexibility index (Phi) is 3.57. The van der Waals surface area contributed by atoms with Crippen LogP contribution in [0.15, 0.2) is 0 Å². The molecule has 0 atom stereocenters. The van der Waals surface area contributed by atoms with Gasteiger partial charge in [0.05, 0.1) is 11.0 Å². The third-order valence-corrected chi connectivity index (χ3v) is 3.22. The highest BCUT2D eigenvalue weighted by molar-refractivity contribution is 5.87. The molecule has 1 aliphatic rings. The summed E-state index contributed by atoms with van der Waals surface area (Å²) >= 11 is 0. The summed E-state index contributed by atoms with van der Waals surface area (Å²) in [6, 6.07) is 0. The smallest absolute Gasteiger partial charge is 0.310 e. The van der Waals surface area contributed by atoms with Crippen molar-refractivity contribution < 1.29 is 14.7 Å². The molecule has 0 bridgehead atoms. The number of carbonyl (C=O) groups excluding carboxylic acids is 1. The third kappa shape index (κ3) is 2.72. The van der Waals surface area contributed by atoms with Crippen molar-refractivity contribution in [1.82, 2.24) is 5.32 Å². The van der Waals surface area contributed by atoms with Gasteiger partial charge in [-0.15, -0.1) is 0 Å². The van der Waals surface area contributed by atoms with Crippen LogP contribution in [0, 0.1) is 5.41 Å². The molecule has 5 nitrogen and oxygen atoms in total. The summed E-state index contributed by atoms with van der Waals surface area (Å²) in [7, 11) is 0. The third-order valence-electron chi connectivity index (χ3n) is 3.22. The molecule has 0 aromatic carbocycles. The molecule has 1 amide bonds. The number of hydrogen-bond donors (Lipinski definition) is 3. The van der Waals surface area contributed by atoms with Gasteiger partial charge in [-0.1, -0.05) is 12.8 Å². The lowest BCUT2D eigenvalue weighted by molar-refractivity contribution is -0.147. The van der Waals surface area contributed by atoms with Gasteiger partial charge >= 0.3 is 5.97 Å². The van der Waals surface area contributed by atoms with Crippen LogP contribution in [0.25, 0.3) is 0 Å². The average molecular weight is 228 g/mol. The minimum atomic E-state index is -0.954. The number of hydrogen-bond acceptors (Lipinski definition) is 3. The summed E-state index contributed by atoms with van der Waals surface area (Å²) in [4.78, 5) is 22.7. The molecule has 4 N–H and O–H groups in total. The number of rotatable bonds is 4. The van der Waals surface area contributed by atoms with E-state index in [1.54, 1.807) is 13.8 Å². The lowest BCUT2D eigenvalue weighted by Crippen LogP contribution is -2.54. The van der Waals surface area contributed by atoms with Crippen LogP contribution in [0.4, 0.5) is 0 Å². The van der Waals surface area contributed by atoms with E-state index in [0.29, 0.717) is 12.8 Å². The number of carboxylic acid groups (broad SMARTS) is 1. The van der Waals surface area contributed by atoms with E-state index in [1.165, 1.54) is 0 Å².